The number of nitrogens with one attached hydrogen (secondary N) is 1. The number of anilines is 1. The van der Waals surface area contributed by atoms with E-state index in [4.69, 9.17) is 5.73 Å². The van der Waals surface area contributed by atoms with Gasteiger partial charge in [-0.15, -0.1) is 0 Å². The van der Waals surface area contributed by atoms with Gasteiger partial charge in [0.1, 0.15) is 0 Å². The van der Waals surface area contributed by atoms with Gasteiger partial charge in [0.05, 0.1) is 4.90 Å². The lowest BCUT2D eigenvalue weighted by Gasteiger charge is -2.22. The van der Waals surface area contributed by atoms with Crippen molar-refractivity contribution < 1.29 is 8.42 Å². The lowest BCUT2D eigenvalue weighted by Crippen LogP contribution is -2.38. The highest BCUT2D eigenvalue weighted by Gasteiger charge is 2.22. The summed E-state index contributed by atoms with van der Waals surface area (Å²) in [7, 11) is -3.46. The molecule has 0 saturated carbocycles. The molecule has 1 unspecified atom stereocenters. The average Bonchev–Trinajstić information content (AvgIpc) is 2.33. The van der Waals surface area contributed by atoms with E-state index in [0.29, 0.717) is 10.2 Å². The molecule has 1 aromatic rings. The molecule has 0 bridgehead atoms. The highest BCUT2D eigenvalue weighted by Crippen LogP contribution is 2.24. The van der Waals surface area contributed by atoms with Crippen LogP contribution in [0.4, 0.5) is 5.69 Å². The van der Waals surface area contributed by atoms with Crippen molar-refractivity contribution in [1.82, 2.24) is 4.72 Å². The van der Waals surface area contributed by atoms with Crippen molar-refractivity contribution in [1.29, 1.82) is 0 Å². The number of halogens is 1. The van der Waals surface area contributed by atoms with Gasteiger partial charge in [0.15, 0.2) is 0 Å². The van der Waals surface area contributed by atoms with E-state index in [1.807, 2.05) is 0 Å². The lowest BCUT2D eigenvalue weighted by atomic mass is 10.2. The monoisotopic (exact) mass is 350 g/mol. The molecule has 100 valence electrons. The predicted octanol–water partition coefficient (Wildman–Crippen LogP) is 2.21. The third-order valence-corrected chi connectivity index (χ3v) is 6.22. The number of hydrogen-bond acceptors (Lipinski definition) is 4. The Bertz CT molecular complexity index is 528. The van der Waals surface area contributed by atoms with Gasteiger partial charge < -0.3 is 5.73 Å². The summed E-state index contributed by atoms with van der Waals surface area (Å²) < 4.78 is 27.8. The van der Waals surface area contributed by atoms with Gasteiger partial charge in [-0.3, -0.25) is 0 Å². The fourth-order valence-corrected chi connectivity index (χ4v) is 4.54. The van der Waals surface area contributed by atoms with Crippen LogP contribution in [-0.4, -0.2) is 26.0 Å². The summed E-state index contributed by atoms with van der Waals surface area (Å²) in [4.78, 5) is 0.221. The summed E-state index contributed by atoms with van der Waals surface area (Å²) in [5.41, 5.74) is 6.13. The molecule has 0 spiro atoms. The van der Waals surface area contributed by atoms with Crippen LogP contribution in [0.15, 0.2) is 27.6 Å². The molecule has 1 aliphatic heterocycles. The number of nitrogen functional groups attached to an aromatic ring is 1. The predicted molar refractivity (Wildman–Crippen MR) is 79.2 cm³/mol. The Morgan fingerprint density at radius 2 is 2.22 bits per heavy atom. The van der Waals surface area contributed by atoms with Crippen LogP contribution in [-0.2, 0) is 10.0 Å². The van der Waals surface area contributed by atoms with E-state index in [2.05, 4.69) is 20.7 Å². The molecule has 0 aliphatic carbocycles. The summed E-state index contributed by atoms with van der Waals surface area (Å²) in [6.07, 6.45) is 1.96. The third-order valence-electron chi connectivity index (χ3n) is 2.76. The molecule has 2 rings (SSSR count). The Hall–Kier alpha value is -0.240. The van der Waals surface area contributed by atoms with Gasteiger partial charge in [0, 0.05) is 22.0 Å². The molecule has 0 aromatic heterocycles. The van der Waals surface area contributed by atoms with Crippen LogP contribution >= 0.6 is 27.7 Å². The molecule has 1 fully saturated rings. The van der Waals surface area contributed by atoms with Crippen LogP contribution in [0.1, 0.15) is 12.8 Å². The molecule has 0 radical (unpaired) electrons. The van der Waals surface area contributed by atoms with Gasteiger partial charge in [0.2, 0.25) is 10.0 Å². The van der Waals surface area contributed by atoms with Crippen LogP contribution < -0.4 is 10.5 Å². The maximum absolute atomic E-state index is 12.2. The molecule has 3 N–H and O–H groups in total. The molecule has 1 heterocycles. The normalized spacial score (nSPS) is 20.8. The van der Waals surface area contributed by atoms with Gasteiger partial charge in [-0.2, -0.15) is 11.8 Å². The van der Waals surface area contributed by atoms with Crippen molar-refractivity contribution in [3.63, 3.8) is 0 Å². The molecule has 1 aliphatic rings. The molecule has 18 heavy (non-hydrogen) atoms. The van der Waals surface area contributed by atoms with E-state index in [9.17, 15) is 8.42 Å². The quantitative estimate of drug-likeness (QED) is 0.819. The third kappa shape index (κ3) is 3.40. The fraction of sp³-hybridized carbons (Fsp3) is 0.455. The summed E-state index contributed by atoms with van der Waals surface area (Å²) in [5.74, 6) is 1.95. The zero-order valence-electron chi connectivity index (χ0n) is 9.73. The van der Waals surface area contributed by atoms with Gasteiger partial charge in [-0.25, -0.2) is 13.1 Å². The summed E-state index contributed by atoms with van der Waals surface area (Å²) >= 11 is 5.04. The average molecular weight is 351 g/mol. The number of hydrogen-bond donors (Lipinski definition) is 2. The van der Waals surface area contributed by atoms with Crippen molar-refractivity contribution in [2.45, 2.75) is 23.8 Å². The zero-order valence-corrected chi connectivity index (χ0v) is 12.9. The Kier molecular flexibility index (Phi) is 4.58. The first-order chi connectivity index (χ1) is 8.49. The Morgan fingerprint density at radius 3 is 2.83 bits per heavy atom. The van der Waals surface area contributed by atoms with Crippen LogP contribution in [0.5, 0.6) is 0 Å². The van der Waals surface area contributed by atoms with Crippen molar-refractivity contribution in [2.24, 2.45) is 0 Å². The fourth-order valence-electron chi connectivity index (χ4n) is 1.81. The van der Waals surface area contributed by atoms with E-state index in [1.165, 1.54) is 6.07 Å². The zero-order chi connectivity index (χ0) is 13.2. The van der Waals surface area contributed by atoms with Crippen LogP contribution in [0.25, 0.3) is 0 Å². The second-order valence-corrected chi connectivity index (χ2v) is 7.94. The van der Waals surface area contributed by atoms with E-state index in [0.717, 1.165) is 24.3 Å². The van der Waals surface area contributed by atoms with E-state index in [-0.39, 0.29) is 10.9 Å². The first-order valence-electron chi connectivity index (χ1n) is 5.64. The summed E-state index contributed by atoms with van der Waals surface area (Å²) in [5, 5.41) is 0. The van der Waals surface area contributed by atoms with E-state index < -0.39 is 10.0 Å². The number of benzene rings is 1. The largest absolute Gasteiger partial charge is 0.398 e. The molecule has 4 nitrogen and oxygen atoms in total. The van der Waals surface area contributed by atoms with Crippen molar-refractivity contribution in [3.8, 4) is 0 Å². The maximum Gasteiger partial charge on any atom is 0.240 e. The van der Waals surface area contributed by atoms with E-state index >= 15 is 0 Å². The smallest absolute Gasteiger partial charge is 0.240 e. The molecule has 1 aromatic carbocycles. The number of thioether (sulfide) groups is 1. The first kappa shape index (κ1) is 14.2. The standard InChI is InChI=1S/C11H15BrN2O2S2/c12-10-4-3-9(6-11(10)13)18(15,16)14-8-2-1-5-17-7-8/h3-4,6,8,14H,1-2,5,7,13H2. The summed E-state index contributed by atoms with van der Waals surface area (Å²) in [6, 6.07) is 4.71. The van der Waals surface area contributed by atoms with Crippen LogP contribution in [0.3, 0.4) is 0 Å². The minimum absolute atomic E-state index is 0.0265. The topological polar surface area (TPSA) is 72.2 Å². The molecular weight excluding hydrogens is 336 g/mol. The highest BCUT2D eigenvalue weighted by molar-refractivity contribution is 9.10. The first-order valence-corrected chi connectivity index (χ1v) is 9.07. The minimum Gasteiger partial charge on any atom is -0.398 e. The van der Waals surface area contributed by atoms with Crippen LogP contribution in [0.2, 0.25) is 0 Å². The Morgan fingerprint density at radius 1 is 1.44 bits per heavy atom. The Labute approximate surface area is 120 Å². The van der Waals surface area contributed by atoms with Gasteiger partial charge in [0.25, 0.3) is 0 Å². The van der Waals surface area contributed by atoms with Crippen molar-refractivity contribution in [2.75, 3.05) is 17.2 Å². The number of sulfonamides is 1. The Balaban J connectivity index is 2.16. The molecule has 7 heteroatoms. The highest BCUT2D eigenvalue weighted by atomic mass is 79.9. The number of rotatable bonds is 3. The second-order valence-electron chi connectivity index (χ2n) is 4.22. The van der Waals surface area contributed by atoms with Gasteiger partial charge in [-0.05, 0) is 52.7 Å². The maximum atomic E-state index is 12.2. The molecule has 1 saturated heterocycles. The lowest BCUT2D eigenvalue weighted by molar-refractivity contribution is 0.543. The van der Waals surface area contributed by atoms with Crippen molar-refractivity contribution >= 4 is 43.4 Å². The second kappa shape index (κ2) is 5.81. The molecular formula is C11H15BrN2O2S2. The van der Waals surface area contributed by atoms with Crippen LogP contribution in [0, 0.1) is 0 Å². The SMILES string of the molecule is Nc1cc(S(=O)(=O)NC2CCCSC2)ccc1Br. The number of nitrogens with two attached hydrogens (primary N) is 1. The molecule has 0 amide bonds. The van der Waals surface area contributed by atoms with Gasteiger partial charge in [-0.1, -0.05) is 0 Å². The summed E-state index contributed by atoms with van der Waals surface area (Å²) in [6.45, 7) is 0. The van der Waals surface area contributed by atoms with Crippen molar-refractivity contribution in [3.05, 3.63) is 22.7 Å². The molecule has 1 atom stereocenters. The van der Waals surface area contributed by atoms with Gasteiger partial charge >= 0.3 is 0 Å². The van der Waals surface area contributed by atoms with E-state index in [1.54, 1.807) is 23.9 Å². The minimum atomic E-state index is -3.46.